The highest BCUT2D eigenvalue weighted by Gasteiger charge is 2.23. The quantitative estimate of drug-likeness (QED) is 0.825. The predicted molar refractivity (Wildman–Crippen MR) is 86.3 cm³/mol. The zero-order valence-electron chi connectivity index (χ0n) is 11.6. The fourth-order valence-corrected chi connectivity index (χ4v) is 2.82. The number of carbonyl (C=O) groups excluding carboxylic acids is 1. The van der Waals surface area contributed by atoms with Gasteiger partial charge in [0.1, 0.15) is 11.6 Å². The number of benzene rings is 1. The van der Waals surface area contributed by atoms with Crippen LogP contribution in [0.15, 0.2) is 22.7 Å². The zero-order valence-corrected chi connectivity index (χ0v) is 13.9. The molecular formula is C14H14BrClN4O2. The molecular weight excluding hydrogens is 372 g/mol. The lowest BCUT2D eigenvalue weighted by atomic mass is 9.85. The number of hydrogen-bond donors (Lipinski definition) is 2. The second-order valence-electron chi connectivity index (χ2n) is 5.08. The molecule has 1 fully saturated rings. The van der Waals surface area contributed by atoms with Crippen LogP contribution in [-0.2, 0) is 4.79 Å². The second-order valence-corrected chi connectivity index (χ2v) is 6.41. The Labute approximate surface area is 140 Å². The van der Waals surface area contributed by atoms with Crippen LogP contribution in [0.4, 0.5) is 5.95 Å². The van der Waals surface area contributed by atoms with Crippen LogP contribution < -0.4 is 10.1 Å². The Balaban J connectivity index is 1.52. The van der Waals surface area contributed by atoms with Crippen molar-refractivity contribution in [1.82, 2.24) is 15.2 Å². The van der Waals surface area contributed by atoms with Crippen LogP contribution in [0.3, 0.4) is 0 Å². The van der Waals surface area contributed by atoms with E-state index in [0.29, 0.717) is 16.7 Å². The van der Waals surface area contributed by atoms with Gasteiger partial charge in [0.25, 0.3) is 5.91 Å². The molecule has 1 amide bonds. The third-order valence-electron chi connectivity index (χ3n) is 3.50. The maximum absolute atomic E-state index is 11.8. The summed E-state index contributed by atoms with van der Waals surface area (Å²) in [4.78, 5) is 16.1. The van der Waals surface area contributed by atoms with Gasteiger partial charge in [0, 0.05) is 10.4 Å². The average molecular weight is 386 g/mol. The van der Waals surface area contributed by atoms with E-state index in [1.165, 1.54) is 6.42 Å². The van der Waals surface area contributed by atoms with Crippen molar-refractivity contribution in [3.05, 3.63) is 33.5 Å². The molecule has 0 bridgehead atoms. The van der Waals surface area contributed by atoms with Crippen molar-refractivity contribution in [2.75, 3.05) is 11.9 Å². The number of rotatable bonds is 5. The van der Waals surface area contributed by atoms with Gasteiger partial charge in [-0.1, -0.05) is 34.0 Å². The average Bonchev–Trinajstić information content (AvgIpc) is 2.83. The van der Waals surface area contributed by atoms with E-state index in [9.17, 15) is 4.79 Å². The van der Waals surface area contributed by atoms with E-state index in [-0.39, 0.29) is 18.5 Å². The van der Waals surface area contributed by atoms with Gasteiger partial charge in [0.05, 0.1) is 5.02 Å². The Morgan fingerprint density at radius 3 is 3.00 bits per heavy atom. The molecule has 2 aromatic rings. The van der Waals surface area contributed by atoms with Gasteiger partial charge >= 0.3 is 0 Å². The molecule has 1 aromatic carbocycles. The molecule has 116 valence electrons. The van der Waals surface area contributed by atoms with Crippen molar-refractivity contribution in [3.63, 3.8) is 0 Å². The minimum atomic E-state index is -0.335. The normalized spacial score (nSPS) is 14.5. The largest absolute Gasteiger partial charge is 0.482 e. The van der Waals surface area contributed by atoms with Crippen LogP contribution in [0.1, 0.15) is 31.0 Å². The number of nitrogens with one attached hydrogen (secondary N) is 2. The first-order valence-electron chi connectivity index (χ1n) is 6.92. The third-order valence-corrected chi connectivity index (χ3v) is 4.29. The summed E-state index contributed by atoms with van der Waals surface area (Å²) in [5, 5.41) is 9.88. The number of ether oxygens (including phenoxy) is 1. The summed E-state index contributed by atoms with van der Waals surface area (Å²) < 4.78 is 6.23. The fraction of sp³-hybridized carbons (Fsp3) is 0.357. The summed E-state index contributed by atoms with van der Waals surface area (Å²) in [7, 11) is 0. The van der Waals surface area contributed by atoms with E-state index in [2.05, 4.69) is 36.4 Å². The number of aromatic nitrogens is 3. The van der Waals surface area contributed by atoms with E-state index >= 15 is 0 Å². The maximum atomic E-state index is 11.8. The Hall–Kier alpha value is -1.60. The molecule has 0 atom stereocenters. The van der Waals surface area contributed by atoms with E-state index in [4.69, 9.17) is 16.3 Å². The van der Waals surface area contributed by atoms with E-state index < -0.39 is 0 Å². The zero-order chi connectivity index (χ0) is 15.5. The molecule has 0 unspecified atom stereocenters. The summed E-state index contributed by atoms with van der Waals surface area (Å²) in [6.07, 6.45) is 3.45. The number of hydrogen-bond acceptors (Lipinski definition) is 4. The van der Waals surface area contributed by atoms with Crippen molar-refractivity contribution in [1.29, 1.82) is 0 Å². The first kappa shape index (κ1) is 15.3. The SMILES string of the molecule is O=C(COc1ccc(Br)cc1Cl)Nc1n[nH]c(C2CCC2)n1. The number of halogens is 2. The molecule has 8 heteroatoms. The van der Waals surface area contributed by atoms with E-state index in [1.54, 1.807) is 18.2 Å². The minimum absolute atomic E-state index is 0.158. The van der Waals surface area contributed by atoms with Crippen LogP contribution in [-0.4, -0.2) is 27.7 Å². The molecule has 1 aliphatic rings. The molecule has 0 saturated heterocycles. The molecule has 6 nitrogen and oxygen atoms in total. The Kier molecular flexibility index (Phi) is 4.63. The summed E-state index contributed by atoms with van der Waals surface area (Å²) >= 11 is 9.32. The first-order valence-corrected chi connectivity index (χ1v) is 8.09. The van der Waals surface area contributed by atoms with Gasteiger partial charge in [-0.2, -0.15) is 4.98 Å². The van der Waals surface area contributed by atoms with Gasteiger partial charge in [-0.3, -0.25) is 15.2 Å². The Morgan fingerprint density at radius 1 is 1.50 bits per heavy atom. The van der Waals surface area contributed by atoms with Gasteiger partial charge < -0.3 is 4.74 Å². The topological polar surface area (TPSA) is 79.9 Å². The van der Waals surface area contributed by atoms with Gasteiger partial charge in [0.15, 0.2) is 6.61 Å². The second kappa shape index (κ2) is 6.66. The lowest BCUT2D eigenvalue weighted by molar-refractivity contribution is -0.118. The van der Waals surface area contributed by atoms with Crippen LogP contribution in [0, 0.1) is 0 Å². The number of anilines is 1. The number of nitrogens with zero attached hydrogens (tertiary/aromatic N) is 2. The minimum Gasteiger partial charge on any atom is -0.482 e. The molecule has 1 saturated carbocycles. The molecule has 22 heavy (non-hydrogen) atoms. The van der Waals surface area contributed by atoms with Gasteiger partial charge in [0.2, 0.25) is 5.95 Å². The fourth-order valence-electron chi connectivity index (χ4n) is 2.09. The summed E-state index contributed by atoms with van der Waals surface area (Å²) in [6, 6.07) is 5.19. The first-order chi connectivity index (χ1) is 10.6. The molecule has 0 radical (unpaired) electrons. The van der Waals surface area contributed by atoms with Gasteiger partial charge in [-0.15, -0.1) is 5.10 Å². The highest BCUT2D eigenvalue weighted by molar-refractivity contribution is 9.10. The molecule has 3 rings (SSSR count). The van der Waals surface area contributed by atoms with E-state index in [1.807, 2.05) is 0 Å². The smallest absolute Gasteiger partial charge is 0.264 e. The van der Waals surface area contributed by atoms with Crippen molar-refractivity contribution in [2.24, 2.45) is 0 Å². The van der Waals surface area contributed by atoms with Crippen LogP contribution in [0.5, 0.6) is 5.75 Å². The lowest BCUT2D eigenvalue weighted by Crippen LogP contribution is -2.21. The number of amides is 1. The van der Waals surface area contributed by atoms with Crippen molar-refractivity contribution in [3.8, 4) is 5.75 Å². The van der Waals surface area contributed by atoms with Crippen LogP contribution in [0.25, 0.3) is 0 Å². The molecule has 1 aliphatic carbocycles. The Morgan fingerprint density at radius 2 is 2.32 bits per heavy atom. The number of H-pyrrole nitrogens is 1. The van der Waals surface area contributed by atoms with Crippen molar-refractivity contribution < 1.29 is 9.53 Å². The van der Waals surface area contributed by atoms with Crippen molar-refractivity contribution >= 4 is 39.4 Å². The number of aromatic amines is 1. The molecule has 0 spiro atoms. The standard InChI is InChI=1S/C14H14BrClN4O2/c15-9-4-5-11(10(16)6-9)22-7-12(21)17-14-18-13(19-20-14)8-2-1-3-8/h4-6,8H,1-3,7H2,(H2,17,18,19,20,21). The summed E-state index contributed by atoms with van der Waals surface area (Å²) in [6.45, 7) is -0.158. The Bertz CT molecular complexity index is 687. The highest BCUT2D eigenvalue weighted by Crippen LogP contribution is 2.34. The highest BCUT2D eigenvalue weighted by atomic mass is 79.9. The van der Waals surface area contributed by atoms with Crippen molar-refractivity contribution in [2.45, 2.75) is 25.2 Å². The lowest BCUT2D eigenvalue weighted by Gasteiger charge is -2.22. The van der Waals surface area contributed by atoms with Crippen LogP contribution >= 0.6 is 27.5 Å². The summed E-state index contributed by atoms with van der Waals surface area (Å²) in [5.41, 5.74) is 0. The monoisotopic (exact) mass is 384 g/mol. The molecule has 0 aliphatic heterocycles. The van der Waals surface area contributed by atoms with Gasteiger partial charge in [-0.25, -0.2) is 0 Å². The predicted octanol–water partition coefficient (Wildman–Crippen LogP) is 3.51. The van der Waals surface area contributed by atoms with E-state index in [0.717, 1.165) is 23.1 Å². The maximum Gasteiger partial charge on any atom is 0.264 e. The molecule has 1 aromatic heterocycles. The van der Waals surface area contributed by atoms with Gasteiger partial charge in [-0.05, 0) is 31.0 Å². The molecule has 1 heterocycles. The summed E-state index contributed by atoms with van der Waals surface area (Å²) in [5.74, 6) is 1.66. The third kappa shape index (κ3) is 3.59. The number of carbonyl (C=O) groups is 1. The van der Waals surface area contributed by atoms with Crippen LogP contribution in [0.2, 0.25) is 5.02 Å². The molecule has 2 N–H and O–H groups in total.